The Morgan fingerprint density at radius 1 is 1.16 bits per heavy atom. The number of nitrogens with zero attached hydrogens (tertiary/aromatic N) is 1. The predicted octanol–water partition coefficient (Wildman–Crippen LogP) is 5.36. The molecule has 31 heavy (non-hydrogen) atoms. The van der Waals surface area contributed by atoms with Crippen LogP contribution in [0.25, 0.3) is 0 Å². The maximum Gasteiger partial charge on any atom is 0.248 e. The van der Waals surface area contributed by atoms with Gasteiger partial charge < -0.3 is 10.1 Å². The minimum absolute atomic E-state index is 0.0597. The van der Waals surface area contributed by atoms with Gasteiger partial charge in [0.25, 0.3) is 0 Å². The number of amides is 2. The molecule has 5 nitrogen and oxygen atoms in total. The topological polar surface area (TPSA) is 58.6 Å². The molecule has 0 aliphatic heterocycles. The first-order valence-corrected chi connectivity index (χ1v) is 11.4. The van der Waals surface area contributed by atoms with Crippen LogP contribution in [0.2, 0.25) is 5.02 Å². The highest BCUT2D eigenvalue weighted by Crippen LogP contribution is 2.34. The third kappa shape index (κ3) is 5.52. The first-order chi connectivity index (χ1) is 15.0. The highest BCUT2D eigenvalue weighted by Gasteiger charge is 2.36. The van der Waals surface area contributed by atoms with Crippen LogP contribution in [0.4, 0.5) is 5.69 Å². The molecule has 2 amide bonds. The molecule has 0 unspecified atom stereocenters. The van der Waals surface area contributed by atoms with E-state index in [1.165, 1.54) is 11.3 Å². The van der Waals surface area contributed by atoms with Gasteiger partial charge >= 0.3 is 0 Å². The molecule has 2 aromatic rings. The molecule has 0 aromatic heterocycles. The molecule has 1 aliphatic rings. The zero-order chi connectivity index (χ0) is 22.4. The Kier molecular flexibility index (Phi) is 8.22. The van der Waals surface area contributed by atoms with E-state index in [1.54, 1.807) is 55.6 Å². The number of ether oxygens (including phenoxy) is 1. The molecule has 3 atom stereocenters. The minimum Gasteiger partial charge on any atom is -0.497 e. The Balaban J connectivity index is 2.06. The number of hydrogen-bond acceptors (Lipinski definition) is 3. The summed E-state index contributed by atoms with van der Waals surface area (Å²) in [6.45, 7) is 2.15. The Morgan fingerprint density at radius 2 is 1.90 bits per heavy atom. The van der Waals surface area contributed by atoms with E-state index in [2.05, 4.69) is 12.2 Å². The molecular formula is C24H28Cl2N2O3. The van der Waals surface area contributed by atoms with Gasteiger partial charge in [-0.1, -0.05) is 55.6 Å². The van der Waals surface area contributed by atoms with E-state index in [0.717, 1.165) is 19.3 Å². The van der Waals surface area contributed by atoms with Crippen molar-refractivity contribution in [3.05, 3.63) is 59.1 Å². The lowest BCUT2D eigenvalue weighted by atomic mass is 9.85. The predicted molar refractivity (Wildman–Crippen MR) is 125 cm³/mol. The third-order valence-electron chi connectivity index (χ3n) is 5.86. The molecule has 0 bridgehead atoms. The second-order valence-corrected chi connectivity index (χ2v) is 8.57. The molecule has 1 saturated carbocycles. The zero-order valence-electron chi connectivity index (χ0n) is 17.8. The molecule has 0 heterocycles. The smallest absolute Gasteiger partial charge is 0.248 e. The number of nitrogens with one attached hydrogen (secondary N) is 1. The van der Waals surface area contributed by atoms with Gasteiger partial charge in [0.15, 0.2) is 0 Å². The van der Waals surface area contributed by atoms with Crippen LogP contribution in [0.5, 0.6) is 5.75 Å². The lowest BCUT2D eigenvalue weighted by Gasteiger charge is -2.35. The highest BCUT2D eigenvalue weighted by atomic mass is 35.5. The van der Waals surface area contributed by atoms with Crippen LogP contribution < -0.4 is 15.0 Å². The van der Waals surface area contributed by atoms with Gasteiger partial charge in [-0.2, -0.15) is 0 Å². The molecule has 1 N–H and O–H groups in total. The van der Waals surface area contributed by atoms with Crippen molar-refractivity contribution in [3.8, 4) is 5.75 Å². The van der Waals surface area contributed by atoms with Crippen molar-refractivity contribution in [3.63, 3.8) is 0 Å². The van der Waals surface area contributed by atoms with Crippen molar-refractivity contribution >= 4 is 40.7 Å². The number of carbonyl (C=O) groups excluding carboxylic acids is 2. The number of hydrogen-bond donors (Lipinski definition) is 1. The summed E-state index contributed by atoms with van der Waals surface area (Å²) < 4.78 is 5.33. The Hall–Kier alpha value is -2.24. The van der Waals surface area contributed by atoms with E-state index >= 15 is 0 Å². The fourth-order valence-electron chi connectivity index (χ4n) is 4.15. The SMILES string of the molecule is COc1cccc(N(C(=O)CCl)[C@H](C(=O)N[C@@H]2CCCC[C@@H]2C)c2ccccc2Cl)c1. The van der Waals surface area contributed by atoms with Gasteiger partial charge in [-0.15, -0.1) is 11.6 Å². The maximum atomic E-state index is 13.7. The fourth-order valence-corrected chi connectivity index (χ4v) is 4.52. The second-order valence-electron chi connectivity index (χ2n) is 7.90. The summed E-state index contributed by atoms with van der Waals surface area (Å²) in [6, 6.07) is 13.2. The summed E-state index contributed by atoms with van der Waals surface area (Å²) in [7, 11) is 1.55. The molecule has 1 fully saturated rings. The number of rotatable bonds is 7. The van der Waals surface area contributed by atoms with Gasteiger partial charge in [-0.05, 0) is 37.0 Å². The molecular weight excluding hydrogens is 435 g/mol. The second kappa shape index (κ2) is 10.9. The highest BCUT2D eigenvalue weighted by molar-refractivity contribution is 6.32. The normalized spacial score (nSPS) is 19.4. The van der Waals surface area contributed by atoms with Gasteiger partial charge in [0.2, 0.25) is 11.8 Å². The lowest BCUT2D eigenvalue weighted by molar-refractivity contribution is -0.126. The molecule has 0 saturated heterocycles. The van der Waals surface area contributed by atoms with Gasteiger partial charge in [0, 0.05) is 28.4 Å². The average molecular weight is 463 g/mol. The van der Waals surface area contributed by atoms with Crippen molar-refractivity contribution in [1.29, 1.82) is 0 Å². The lowest BCUT2D eigenvalue weighted by Crippen LogP contribution is -2.49. The summed E-state index contributed by atoms with van der Waals surface area (Å²) in [4.78, 5) is 28.1. The number of halogens is 2. The van der Waals surface area contributed by atoms with E-state index < -0.39 is 11.9 Å². The summed E-state index contributed by atoms with van der Waals surface area (Å²) in [5, 5.41) is 3.60. The Bertz CT molecular complexity index is 921. The molecule has 0 spiro atoms. The summed E-state index contributed by atoms with van der Waals surface area (Å²) in [6.07, 6.45) is 4.24. The molecule has 166 valence electrons. The summed E-state index contributed by atoms with van der Waals surface area (Å²) in [5.74, 6) is 0.00755. The van der Waals surface area contributed by atoms with E-state index in [0.29, 0.717) is 27.9 Å². The largest absolute Gasteiger partial charge is 0.497 e. The first-order valence-electron chi connectivity index (χ1n) is 10.5. The summed E-state index contributed by atoms with van der Waals surface area (Å²) >= 11 is 12.5. The number of methoxy groups -OCH3 is 1. The van der Waals surface area contributed by atoms with E-state index in [9.17, 15) is 9.59 Å². The van der Waals surface area contributed by atoms with Crippen molar-refractivity contribution in [2.24, 2.45) is 5.92 Å². The standard InChI is InChI=1S/C24H28Cl2N2O3/c1-16-8-3-6-13-21(16)27-24(30)23(19-11-4-5-12-20(19)26)28(22(29)15-25)17-9-7-10-18(14-17)31-2/h4-5,7,9-12,14,16,21,23H,3,6,8,13,15H2,1-2H3,(H,27,30)/t16-,21+,23-/m0/s1. The van der Waals surface area contributed by atoms with Gasteiger partial charge in [-0.3, -0.25) is 14.5 Å². The molecule has 7 heteroatoms. The van der Waals surface area contributed by atoms with E-state index in [4.69, 9.17) is 27.9 Å². The van der Waals surface area contributed by atoms with E-state index in [-0.39, 0.29) is 17.8 Å². The maximum absolute atomic E-state index is 13.7. The fraction of sp³-hybridized carbons (Fsp3) is 0.417. The van der Waals surface area contributed by atoms with Gasteiger partial charge in [-0.25, -0.2) is 0 Å². The monoisotopic (exact) mass is 462 g/mol. The van der Waals surface area contributed by atoms with Crippen LogP contribution in [0.3, 0.4) is 0 Å². The summed E-state index contributed by atoms with van der Waals surface area (Å²) in [5.41, 5.74) is 1.06. The average Bonchev–Trinajstić information content (AvgIpc) is 2.79. The van der Waals surface area contributed by atoms with Gasteiger partial charge in [0.05, 0.1) is 7.11 Å². The van der Waals surface area contributed by atoms with Crippen LogP contribution in [-0.2, 0) is 9.59 Å². The van der Waals surface area contributed by atoms with Crippen molar-refractivity contribution in [2.45, 2.75) is 44.7 Å². The van der Waals surface area contributed by atoms with Crippen LogP contribution in [0, 0.1) is 5.92 Å². The molecule has 2 aromatic carbocycles. The number of benzene rings is 2. The molecule has 0 radical (unpaired) electrons. The van der Waals surface area contributed by atoms with Crippen LogP contribution >= 0.6 is 23.2 Å². The van der Waals surface area contributed by atoms with Crippen molar-refractivity contribution < 1.29 is 14.3 Å². The molecule has 1 aliphatic carbocycles. The number of anilines is 1. The van der Waals surface area contributed by atoms with Gasteiger partial charge in [0.1, 0.15) is 17.7 Å². The van der Waals surface area contributed by atoms with Crippen LogP contribution in [0.15, 0.2) is 48.5 Å². The van der Waals surface area contributed by atoms with Crippen molar-refractivity contribution in [1.82, 2.24) is 5.32 Å². The Morgan fingerprint density at radius 3 is 2.58 bits per heavy atom. The van der Waals surface area contributed by atoms with Crippen molar-refractivity contribution in [2.75, 3.05) is 17.9 Å². The van der Waals surface area contributed by atoms with Crippen LogP contribution in [0.1, 0.15) is 44.2 Å². The number of carbonyl (C=O) groups is 2. The molecule has 3 rings (SSSR count). The van der Waals surface area contributed by atoms with E-state index in [1.807, 2.05) is 0 Å². The number of alkyl halides is 1. The zero-order valence-corrected chi connectivity index (χ0v) is 19.3. The van der Waals surface area contributed by atoms with Crippen LogP contribution in [-0.4, -0.2) is 30.8 Å². The minimum atomic E-state index is -0.957. The Labute approximate surface area is 193 Å². The first kappa shape index (κ1) is 23.4. The third-order valence-corrected chi connectivity index (χ3v) is 6.43. The quantitative estimate of drug-likeness (QED) is 0.563.